The van der Waals surface area contributed by atoms with Crippen LogP contribution >= 0.6 is 0 Å². The first kappa shape index (κ1) is 19.5. The highest BCUT2D eigenvalue weighted by atomic mass is 16.5. The molecule has 7 heteroatoms. The lowest BCUT2D eigenvalue weighted by molar-refractivity contribution is -0.117. The molecule has 2 amide bonds. The molecular weight excluding hydrogens is 360 g/mol. The number of ether oxygens (including phenoxy) is 3. The van der Waals surface area contributed by atoms with E-state index in [0.717, 1.165) is 17.7 Å². The van der Waals surface area contributed by atoms with Gasteiger partial charge in [-0.3, -0.25) is 9.59 Å². The molecule has 148 valence electrons. The Bertz CT molecular complexity index is 881. The lowest BCUT2D eigenvalue weighted by atomic mass is 10.1. The number of amides is 2. The molecule has 2 aromatic carbocycles. The third kappa shape index (κ3) is 4.03. The first-order valence-electron chi connectivity index (χ1n) is 9.05. The van der Waals surface area contributed by atoms with Gasteiger partial charge in [0, 0.05) is 42.4 Å². The lowest BCUT2D eigenvalue weighted by Gasteiger charge is -2.17. The third-order valence-electron chi connectivity index (χ3n) is 4.72. The number of benzene rings is 2. The maximum absolute atomic E-state index is 12.6. The van der Waals surface area contributed by atoms with E-state index in [4.69, 9.17) is 14.2 Å². The molecule has 1 N–H and O–H groups in total. The van der Waals surface area contributed by atoms with Crippen LogP contribution in [0.5, 0.6) is 17.2 Å². The van der Waals surface area contributed by atoms with Crippen molar-refractivity contribution in [3.8, 4) is 17.2 Å². The zero-order chi connectivity index (χ0) is 20.1. The number of hydrogen-bond donors (Lipinski definition) is 1. The molecule has 1 aliphatic rings. The van der Waals surface area contributed by atoms with E-state index in [1.165, 1.54) is 0 Å². The van der Waals surface area contributed by atoms with Crippen LogP contribution in [-0.4, -0.2) is 39.7 Å². The van der Waals surface area contributed by atoms with Gasteiger partial charge in [0.15, 0.2) is 11.5 Å². The standard InChI is InChI=1S/C21H24N2O5/c1-26-17-12-19(28-3)18(27-2)11-15(17)13-22-21(25)14-6-4-7-16(10-14)23-9-5-8-20(23)24/h4,6-7,10-12H,5,8-9,13H2,1-3H3,(H,22,25). The Morgan fingerprint density at radius 1 is 1.04 bits per heavy atom. The number of nitrogens with one attached hydrogen (secondary N) is 1. The van der Waals surface area contributed by atoms with Crippen LogP contribution in [0, 0.1) is 0 Å². The van der Waals surface area contributed by atoms with Gasteiger partial charge in [0.2, 0.25) is 5.91 Å². The van der Waals surface area contributed by atoms with Crippen LogP contribution in [0.15, 0.2) is 36.4 Å². The molecule has 1 saturated heterocycles. The highest BCUT2D eigenvalue weighted by molar-refractivity contribution is 5.99. The normalized spacial score (nSPS) is 13.4. The maximum atomic E-state index is 12.6. The van der Waals surface area contributed by atoms with Crippen molar-refractivity contribution >= 4 is 17.5 Å². The minimum Gasteiger partial charge on any atom is -0.496 e. The number of nitrogens with zero attached hydrogens (tertiary/aromatic N) is 1. The number of anilines is 1. The topological polar surface area (TPSA) is 77.1 Å². The Morgan fingerprint density at radius 3 is 2.39 bits per heavy atom. The van der Waals surface area contributed by atoms with Gasteiger partial charge in [-0.2, -0.15) is 0 Å². The summed E-state index contributed by atoms with van der Waals surface area (Å²) in [6.07, 6.45) is 1.39. The molecule has 1 fully saturated rings. The van der Waals surface area contributed by atoms with E-state index in [1.807, 2.05) is 6.07 Å². The molecule has 2 aromatic rings. The second kappa shape index (κ2) is 8.65. The molecule has 28 heavy (non-hydrogen) atoms. The summed E-state index contributed by atoms with van der Waals surface area (Å²) in [6.45, 7) is 0.946. The van der Waals surface area contributed by atoms with Crippen molar-refractivity contribution in [1.29, 1.82) is 0 Å². The zero-order valence-electron chi connectivity index (χ0n) is 16.3. The molecular formula is C21H24N2O5. The van der Waals surface area contributed by atoms with Crippen molar-refractivity contribution in [2.24, 2.45) is 0 Å². The zero-order valence-corrected chi connectivity index (χ0v) is 16.3. The van der Waals surface area contributed by atoms with Crippen molar-refractivity contribution in [2.45, 2.75) is 19.4 Å². The van der Waals surface area contributed by atoms with Crippen molar-refractivity contribution in [2.75, 3.05) is 32.8 Å². The summed E-state index contributed by atoms with van der Waals surface area (Å²) in [5.74, 6) is 1.56. The summed E-state index contributed by atoms with van der Waals surface area (Å²) < 4.78 is 16.0. The van der Waals surface area contributed by atoms with Crippen LogP contribution in [0.1, 0.15) is 28.8 Å². The van der Waals surface area contributed by atoms with E-state index in [2.05, 4.69) is 5.32 Å². The number of hydrogen-bond acceptors (Lipinski definition) is 5. The van der Waals surface area contributed by atoms with Crippen LogP contribution in [0.3, 0.4) is 0 Å². The largest absolute Gasteiger partial charge is 0.496 e. The summed E-state index contributed by atoms with van der Waals surface area (Å²) in [6, 6.07) is 10.6. The third-order valence-corrected chi connectivity index (χ3v) is 4.72. The smallest absolute Gasteiger partial charge is 0.251 e. The first-order valence-corrected chi connectivity index (χ1v) is 9.05. The second-order valence-electron chi connectivity index (χ2n) is 6.40. The molecule has 3 rings (SSSR count). The summed E-state index contributed by atoms with van der Waals surface area (Å²) in [4.78, 5) is 26.3. The molecule has 0 atom stereocenters. The average molecular weight is 384 g/mol. The molecule has 0 radical (unpaired) electrons. The Balaban J connectivity index is 1.75. The summed E-state index contributed by atoms with van der Waals surface area (Å²) in [7, 11) is 4.66. The number of carbonyl (C=O) groups excluding carboxylic acids is 2. The Labute approximate surface area is 164 Å². The van der Waals surface area contributed by atoms with Gasteiger partial charge in [0.25, 0.3) is 5.91 Å². The highest BCUT2D eigenvalue weighted by Crippen LogP contribution is 2.34. The van der Waals surface area contributed by atoms with Crippen LogP contribution in [0.25, 0.3) is 0 Å². The molecule has 0 aliphatic carbocycles. The summed E-state index contributed by atoms with van der Waals surface area (Å²) >= 11 is 0. The molecule has 1 heterocycles. The Morgan fingerprint density at radius 2 is 1.75 bits per heavy atom. The van der Waals surface area contributed by atoms with E-state index in [1.54, 1.807) is 56.6 Å². The van der Waals surface area contributed by atoms with Gasteiger partial charge in [0.05, 0.1) is 21.3 Å². The first-order chi connectivity index (χ1) is 13.6. The van der Waals surface area contributed by atoms with Crippen molar-refractivity contribution < 1.29 is 23.8 Å². The fraction of sp³-hybridized carbons (Fsp3) is 0.333. The Kier molecular flexibility index (Phi) is 6.03. The predicted octanol–water partition coefficient (Wildman–Crippen LogP) is 2.77. The van der Waals surface area contributed by atoms with Gasteiger partial charge in [-0.15, -0.1) is 0 Å². The van der Waals surface area contributed by atoms with Gasteiger partial charge in [-0.1, -0.05) is 6.07 Å². The van der Waals surface area contributed by atoms with E-state index in [0.29, 0.717) is 35.8 Å². The quantitative estimate of drug-likeness (QED) is 0.794. The van der Waals surface area contributed by atoms with E-state index >= 15 is 0 Å². The van der Waals surface area contributed by atoms with Gasteiger partial charge < -0.3 is 24.4 Å². The summed E-state index contributed by atoms with van der Waals surface area (Å²) in [5.41, 5.74) is 2.01. The number of rotatable bonds is 7. The molecule has 0 saturated carbocycles. The minimum atomic E-state index is -0.231. The van der Waals surface area contributed by atoms with E-state index in [9.17, 15) is 9.59 Å². The fourth-order valence-electron chi connectivity index (χ4n) is 3.24. The van der Waals surface area contributed by atoms with Crippen LogP contribution in [0.4, 0.5) is 5.69 Å². The monoisotopic (exact) mass is 384 g/mol. The lowest BCUT2D eigenvalue weighted by Crippen LogP contribution is -2.26. The molecule has 0 spiro atoms. The molecule has 1 aliphatic heterocycles. The van der Waals surface area contributed by atoms with Crippen LogP contribution in [-0.2, 0) is 11.3 Å². The van der Waals surface area contributed by atoms with Gasteiger partial charge >= 0.3 is 0 Å². The van der Waals surface area contributed by atoms with Gasteiger partial charge in [0.1, 0.15) is 5.75 Å². The fourth-order valence-corrected chi connectivity index (χ4v) is 3.24. The van der Waals surface area contributed by atoms with Crippen LogP contribution in [0.2, 0.25) is 0 Å². The molecule has 0 unspecified atom stereocenters. The second-order valence-corrected chi connectivity index (χ2v) is 6.40. The van der Waals surface area contributed by atoms with Gasteiger partial charge in [-0.05, 0) is 30.7 Å². The molecule has 0 bridgehead atoms. The average Bonchev–Trinajstić information content (AvgIpc) is 3.17. The molecule has 0 aromatic heterocycles. The minimum absolute atomic E-state index is 0.0904. The van der Waals surface area contributed by atoms with E-state index in [-0.39, 0.29) is 18.4 Å². The molecule has 7 nitrogen and oxygen atoms in total. The predicted molar refractivity (Wildman–Crippen MR) is 105 cm³/mol. The maximum Gasteiger partial charge on any atom is 0.251 e. The van der Waals surface area contributed by atoms with Gasteiger partial charge in [-0.25, -0.2) is 0 Å². The number of carbonyl (C=O) groups is 2. The highest BCUT2D eigenvalue weighted by Gasteiger charge is 2.22. The SMILES string of the molecule is COc1cc(OC)c(OC)cc1CNC(=O)c1cccc(N2CCCC2=O)c1. The Hall–Kier alpha value is -3.22. The van der Waals surface area contributed by atoms with Crippen molar-refractivity contribution in [3.63, 3.8) is 0 Å². The van der Waals surface area contributed by atoms with E-state index < -0.39 is 0 Å². The van der Waals surface area contributed by atoms with Crippen molar-refractivity contribution in [1.82, 2.24) is 5.32 Å². The summed E-state index contributed by atoms with van der Waals surface area (Å²) in [5, 5.41) is 2.89. The number of methoxy groups -OCH3 is 3. The van der Waals surface area contributed by atoms with Crippen LogP contribution < -0.4 is 24.4 Å². The van der Waals surface area contributed by atoms with Crippen molar-refractivity contribution in [3.05, 3.63) is 47.5 Å².